The van der Waals surface area contributed by atoms with E-state index in [1.807, 2.05) is 18.4 Å². The van der Waals surface area contributed by atoms with E-state index in [0.29, 0.717) is 24.9 Å². The molecule has 1 aromatic heterocycles. The molecule has 0 saturated carbocycles. The fraction of sp³-hybridized carbons (Fsp3) is 0.417. The lowest BCUT2D eigenvalue weighted by Gasteiger charge is -2.29. The lowest BCUT2D eigenvalue weighted by molar-refractivity contribution is -0.118. The predicted molar refractivity (Wildman–Crippen MR) is 139 cm³/mol. The Balaban J connectivity index is 1.56. The van der Waals surface area contributed by atoms with E-state index in [1.165, 1.54) is 11.3 Å². The van der Waals surface area contributed by atoms with Crippen LogP contribution in [0.25, 0.3) is 10.2 Å². The van der Waals surface area contributed by atoms with Gasteiger partial charge in [-0.05, 0) is 42.2 Å². The number of thioether (sulfide) groups is 1. The van der Waals surface area contributed by atoms with Crippen molar-refractivity contribution in [3.8, 4) is 0 Å². The Kier molecular flexibility index (Phi) is 8.26. The van der Waals surface area contributed by atoms with Crippen molar-refractivity contribution in [3.63, 3.8) is 0 Å². The van der Waals surface area contributed by atoms with E-state index in [2.05, 4.69) is 11.0 Å². The number of sulfone groups is 1. The minimum atomic E-state index is -3.27. The second-order valence-electron chi connectivity index (χ2n) is 8.05. The molecule has 0 radical (unpaired) electrons. The Bertz CT molecular complexity index is 1240. The third-order valence-electron chi connectivity index (χ3n) is 5.88. The van der Waals surface area contributed by atoms with E-state index in [0.717, 1.165) is 40.3 Å². The number of amides is 1. The topological polar surface area (TPSA) is 79.8 Å². The van der Waals surface area contributed by atoms with Crippen molar-refractivity contribution in [1.29, 1.82) is 0 Å². The van der Waals surface area contributed by atoms with Crippen LogP contribution in [0.2, 0.25) is 0 Å². The van der Waals surface area contributed by atoms with Gasteiger partial charge >= 0.3 is 0 Å². The van der Waals surface area contributed by atoms with Gasteiger partial charge in [0.1, 0.15) is 0 Å². The lowest BCUT2D eigenvalue weighted by atomic mass is 10.1. The summed E-state index contributed by atoms with van der Waals surface area (Å²) >= 11 is 3.21. The van der Waals surface area contributed by atoms with Crippen molar-refractivity contribution in [2.45, 2.75) is 23.1 Å². The Morgan fingerprint density at radius 2 is 1.91 bits per heavy atom. The smallest absolute Gasteiger partial charge is 0.233 e. The molecular weight excluding hydrogens is 490 g/mol. The Hall–Kier alpha value is -1.98. The summed E-state index contributed by atoms with van der Waals surface area (Å²) in [7, 11) is -3.27. The number of anilines is 1. The van der Waals surface area contributed by atoms with Crippen LogP contribution in [0.15, 0.2) is 52.3 Å². The van der Waals surface area contributed by atoms with Gasteiger partial charge in [0.05, 0.1) is 40.5 Å². The van der Waals surface area contributed by atoms with Crippen LogP contribution < -0.4 is 4.90 Å². The van der Waals surface area contributed by atoms with Gasteiger partial charge in [-0.3, -0.25) is 14.6 Å². The minimum absolute atomic E-state index is 0.0520. The van der Waals surface area contributed by atoms with Crippen LogP contribution in [0.4, 0.5) is 5.13 Å². The molecule has 10 heteroatoms. The van der Waals surface area contributed by atoms with Crippen molar-refractivity contribution < 1.29 is 17.9 Å². The SMILES string of the molecule is CCS(=O)(=O)c1ccc(CC(=O)N(CCN2CCOCC2)c2nc3ccc(SC)cc3s2)cc1. The summed E-state index contributed by atoms with van der Waals surface area (Å²) in [5.41, 5.74) is 1.67. The van der Waals surface area contributed by atoms with Crippen LogP contribution in [0, 0.1) is 0 Å². The van der Waals surface area contributed by atoms with Gasteiger partial charge in [0.15, 0.2) is 15.0 Å². The molecular formula is C24H29N3O4S3. The first-order chi connectivity index (χ1) is 16.4. The summed E-state index contributed by atoms with van der Waals surface area (Å²) in [5.74, 6) is -0.000273. The average molecular weight is 520 g/mol. The number of thiazole rings is 1. The molecule has 7 nitrogen and oxygen atoms in total. The lowest BCUT2D eigenvalue weighted by Crippen LogP contribution is -2.43. The number of hydrogen-bond acceptors (Lipinski definition) is 8. The molecule has 1 aliphatic rings. The first kappa shape index (κ1) is 25.1. The Labute approximate surface area is 209 Å². The Morgan fingerprint density at radius 3 is 2.59 bits per heavy atom. The van der Waals surface area contributed by atoms with Gasteiger partial charge in [-0.1, -0.05) is 30.4 Å². The highest BCUT2D eigenvalue weighted by Gasteiger charge is 2.22. The van der Waals surface area contributed by atoms with Crippen LogP contribution in [-0.4, -0.2) is 75.6 Å². The quantitative estimate of drug-likeness (QED) is 0.399. The molecule has 0 N–H and O–H groups in total. The number of morpholine rings is 1. The fourth-order valence-corrected chi connectivity index (χ4v) is 6.23. The summed E-state index contributed by atoms with van der Waals surface area (Å²) in [6.07, 6.45) is 2.22. The molecule has 1 amide bonds. The molecule has 34 heavy (non-hydrogen) atoms. The van der Waals surface area contributed by atoms with E-state index in [9.17, 15) is 13.2 Å². The number of nitrogens with zero attached hydrogens (tertiary/aromatic N) is 3. The number of aromatic nitrogens is 1. The number of benzene rings is 2. The maximum Gasteiger partial charge on any atom is 0.233 e. The van der Waals surface area contributed by atoms with Crippen molar-refractivity contribution in [2.75, 3.05) is 56.3 Å². The number of ether oxygens (including phenoxy) is 1. The van der Waals surface area contributed by atoms with Crippen molar-refractivity contribution in [2.24, 2.45) is 0 Å². The standard InChI is InChI=1S/C24H29N3O4S3/c1-3-34(29,30)20-7-4-18(5-8-20)16-23(28)27(11-10-26-12-14-31-15-13-26)24-25-21-9-6-19(32-2)17-22(21)33-24/h4-9,17H,3,10-16H2,1-2H3. The van der Waals surface area contributed by atoms with E-state index < -0.39 is 9.84 Å². The van der Waals surface area contributed by atoms with Crippen LogP contribution in [0.5, 0.6) is 0 Å². The summed E-state index contributed by atoms with van der Waals surface area (Å²) in [5, 5.41) is 0.691. The number of carbonyl (C=O) groups is 1. The zero-order chi connectivity index (χ0) is 24.1. The molecule has 0 bridgehead atoms. The van der Waals surface area contributed by atoms with Gasteiger partial charge in [0, 0.05) is 31.1 Å². The van der Waals surface area contributed by atoms with E-state index in [-0.39, 0.29) is 23.0 Å². The van der Waals surface area contributed by atoms with Crippen LogP contribution in [-0.2, 0) is 25.8 Å². The summed E-state index contributed by atoms with van der Waals surface area (Å²) in [4.78, 5) is 23.7. The normalized spacial score (nSPS) is 15.0. The average Bonchev–Trinajstić information content (AvgIpc) is 3.28. The number of hydrogen-bond donors (Lipinski definition) is 0. The highest BCUT2D eigenvalue weighted by Crippen LogP contribution is 2.32. The molecule has 182 valence electrons. The monoisotopic (exact) mass is 519 g/mol. The molecule has 3 aromatic rings. The molecule has 0 unspecified atom stereocenters. The van der Waals surface area contributed by atoms with Crippen LogP contribution >= 0.6 is 23.1 Å². The van der Waals surface area contributed by atoms with Gasteiger partial charge in [0.2, 0.25) is 5.91 Å². The molecule has 2 aromatic carbocycles. The van der Waals surface area contributed by atoms with Crippen molar-refractivity contribution in [1.82, 2.24) is 9.88 Å². The van der Waals surface area contributed by atoms with Crippen molar-refractivity contribution in [3.05, 3.63) is 48.0 Å². The third-order valence-corrected chi connectivity index (χ3v) is 9.39. The number of rotatable bonds is 9. The van der Waals surface area contributed by atoms with Crippen molar-refractivity contribution >= 4 is 54.2 Å². The van der Waals surface area contributed by atoms with Gasteiger partial charge in [-0.15, -0.1) is 11.8 Å². The zero-order valence-corrected chi connectivity index (χ0v) is 21.8. The van der Waals surface area contributed by atoms with E-state index in [4.69, 9.17) is 9.72 Å². The maximum atomic E-state index is 13.5. The molecule has 1 fully saturated rings. The zero-order valence-electron chi connectivity index (χ0n) is 19.4. The summed E-state index contributed by atoms with van der Waals surface area (Å²) in [6, 6.07) is 12.8. The summed E-state index contributed by atoms with van der Waals surface area (Å²) in [6.45, 7) is 6.03. The number of fused-ring (bicyclic) bond motifs is 1. The third kappa shape index (κ3) is 5.98. The second kappa shape index (κ2) is 11.2. The first-order valence-corrected chi connectivity index (χ1v) is 15.0. The van der Waals surface area contributed by atoms with Crippen LogP contribution in [0.3, 0.4) is 0 Å². The van der Waals surface area contributed by atoms with Gasteiger partial charge in [-0.2, -0.15) is 0 Å². The molecule has 1 saturated heterocycles. The highest BCUT2D eigenvalue weighted by molar-refractivity contribution is 7.98. The summed E-state index contributed by atoms with van der Waals surface area (Å²) < 4.78 is 30.7. The molecule has 0 atom stereocenters. The van der Waals surface area contributed by atoms with Crippen LogP contribution in [0.1, 0.15) is 12.5 Å². The molecule has 4 rings (SSSR count). The molecule has 2 heterocycles. The van der Waals surface area contributed by atoms with E-state index >= 15 is 0 Å². The largest absolute Gasteiger partial charge is 0.379 e. The maximum absolute atomic E-state index is 13.5. The number of carbonyl (C=O) groups excluding carboxylic acids is 1. The molecule has 1 aliphatic heterocycles. The van der Waals surface area contributed by atoms with E-state index in [1.54, 1.807) is 47.9 Å². The highest BCUT2D eigenvalue weighted by atomic mass is 32.2. The fourth-order valence-electron chi connectivity index (χ4n) is 3.78. The first-order valence-electron chi connectivity index (χ1n) is 11.3. The predicted octanol–water partition coefficient (Wildman–Crippen LogP) is 3.72. The van der Waals surface area contributed by atoms with Gasteiger partial charge in [0.25, 0.3) is 0 Å². The molecule has 0 aliphatic carbocycles. The second-order valence-corrected chi connectivity index (χ2v) is 12.2. The van der Waals surface area contributed by atoms with Gasteiger partial charge < -0.3 is 4.74 Å². The van der Waals surface area contributed by atoms with Gasteiger partial charge in [-0.25, -0.2) is 13.4 Å². The Morgan fingerprint density at radius 1 is 1.18 bits per heavy atom. The minimum Gasteiger partial charge on any atom is -0.379 e. The molecule has 0 spiro atoms.